The summed E-state index contributed by atoms with van der Waals surface area (Å²) in [4.78, 5) is 4.23. The fourth-order valence-electron chi connectivity index (χ4n) is 2.68. The highest BCUT2D eigenvalue weighted by molar-refractivity contribution is 5.63. The number of aliphatic hydroxyl groups is 1. The summed E-state index contributed by atoms with van der Waals surface area (Å²) in [7, 11) is 0. The third-order valence-corrected chi connectivity index (χ3v) is 3.97. The number of aliphatic hydroxyl groups excluding tert-OH is 1. The van der Waals surface area contributed by atoms with Crippen LogP contribution in [0.25, 0.3) is 11.3 Å². The summed E-state index contributed by atoms with van der Waals surface area (Å²) in [5.74, 6) is -0.627. The molecule has 1 aliphatic carbocycles. The van der Waals surface area contributed by atoms with Gasteiger partial charge in [0, 0.05) is 17.0 Å². The minimum atomic E-state index is -4.86. The second-order valence-corrected chi connectivity index (χ2v) is 5.92. The summed E-state index contributed by atoms with van der Waals surface area (Å²) in [5.41, 5.74) is -0.845. The molecule has 0 radical (unpaired) electrons. The Morgan fingerprint density at radius 3 is 2.12 bits per heavy atom. The van der Waals surface area contributed by atoms with Crippen LogP contribution in [0.4, 0.5) is 26.3 Å². The number of aromatic nitrogens is 1. The second kappa shape index (κ2) is 6.46. The molecule has 3 nitrogen and oxygen atoms in total. The average molecular weight is 377 g/mol. The largest absolute Gasteiger partial charge is 0.573 e. The van der Waals surface area contributed by atoms with E-state index in [1.54, 1.807) is 0 Å². The number of hydrogen-bond donors (Lipinski definition) is 1. The van der Waals surface area contributed by atoms with Crippen molar-refractivity contribution in [2.75, 3.05) is 0 Å². The molecule has 140 valence electrons. The summed E-state index contributed by atoms with van der Waals surface area (Å²) in [6, 6.07) is 5.23. The Kier molecular flexibility index (Phi) is 4.60. The van der Waals surface area contributed by atoms with Crippen molar-refractivity contribution >= 4 is 0 Å². The zero-order chi connectivity index (χ0) is 19.1. The molecule has 1 aromatic carbocycles. The Bertz CT molecular complexity index is 795. The molecule has 1 aromatic heterocycles. The van der Waals surface area contributed by atoms with Crippen LogP contribution in [0.1, 0.15) is 35.6 Å². The van der Waals surface area contributed by atoms with Crippen molar-refractivity contribution in [3.05, 3.63) is 47.2 Å². The van der Waals surface area contributed by atoms with Gasteiger partial charge in [-0.05, 0) is 43.2 Å². The molecule has 0 atom stereocenters. The lowest BCUT2D eigenvalue weighted by molar-refractivity contribution is -0.274. The van der Waals surface area contributed by atoms with Crippen molar-refractivity contribution in [1.29, 1.82) is 0 Å². The molecular formula is C17H13F6NO2. The lowest BCUT2D eigenvalue weighted by Crippen LogP contribution is -2.17. The fraction of sp³-hybridized carbons (Fsp3) is 0.353. The number of rotatable bonds is 4. The van der Waals surface area contributed by atoms with E-state index in [2.05, 4.69) is 9.72 Å². The highest BCUT2D eigenvalue weighted by Crippen LogP contribution is 2.45. The number of halogens is 6. The van der Waals surface area contributed by atoms with E-state index in [0.717, 1.165) is 18.2 Å². The highest BCUT2D eigenvalue weighted by Gasteiger charge is 2.38. The van der Waals surface area contributed by atoms with Crippen molar-refractivity contribution in [1.82, 2.24) is 4.98 Å². The number of alkyl halides is 6. The van der Waals surface area contributed by atoms with Gasteiger partial charge in [-0.15, -0.1) is 13.2 Å². The van der Waals surface area contributed by atoms with Gasteiger partial charge in [0.05, 0.1) is 23.6 Å². The van der Waals surface area contributed by atoms with Crippen molar-refractivity contribution < 1.29 is 36.2 Å². The highest BCUT2D eigenvalue weighted by atomic mass is 19.4. The van der Waals surface area contributed by atoms with Crippen LogP contribution in [0.15, 0.2) is 30.3 Å². The van der Waals surface area contributed by atoms with Crippen molar-refractivity contribution in [3.8, 4) is 17.0 Å². The van der Waals surface area contributed by atoms with Crippen LogP contribution >= 0.6 is 0 Å². The van der Waals surface area contributed by atoms with Crippen LogP contribution in [-0.4, -0.2) is 16.5 Å². The smallest absolute Gasteiger partial charge is 0.406 e. The first-order chi connectivity index (χ1) is 12.1. The number of benzene rings is 1. The van der Waals surface area contributed by atoms with E-state index in [1.165, 1.54) is 12.1 Å². The summed E-state index contributed by atoms with van der Waals surface area (Å²) in [6.07, 6.45) is -8.18. The molecule has 0 unspecified atom stereocenters. The third-order valence-electron chi connectivity index (χ3n) is 3.97. The van der Waals surface area contributed by atoms with Gasteiger partial charge in [0.25, 0.3) is 0 Å². The van der Waals surface area contributed by atoms with Crippen molar-refractivity contribution in [2.45, 2.75) is 37.9 Å². The van der Waals surface area contributed by atoms with Gasteiger partial charge in [-0.25, -0.2) is 0 Å². The first-order valence-corrected chi connectivity index (χ1v) is 7.66. The molecular weight excluding hydrogens is 364 g/mol. The van der Waals surface area contributed by atoms with Gasteiger partial charge in [0.2, 0.25) is 0 Å². The van der Waals surface area contributed by atoms with Crippen LogP contribution < -0.4 is 4.74 Å². The van der Waals surface area contributed by atoms with E-state index in [0.29, 0.717) is 12.8 Å². The SMILES string of the molecule is OCc1c(C(F)(F)F)cc(-c2ccc(OC(F)(F)F)cc2)nc1C1CC1. The second-order valence-electron chi connectivity index (χ2n) is 5.92. The first kappa shape index (κ1) is 18.5. The standard InChI is InChI=1S/C17H13F6NO2/c18-16(19,20)13-7-14(24-15(10-1-2-10)12(13)8-25)9-3-5-11(6-4-9)26-17(21,22)23/h3-7,10,25H,1-2,8H2. The Labute approximate surface area is 144 Å². The van der Waals surface area contributed by atoms with E-state index in [1.807, 2.05) is 0 Å². The van der Waals surface area contributed by atoms with Crippen LogP contribution in [-0.2, 0) is 12.8 Å². The molecule has 1 aliphatic rings. The Morgan fingerprint density at radius 1 is 1.04 bits per heavy atom. The summed E-state index contributed by atoms with van der Waals surface area (Å²) in [6.45, 7) is -0.785. The van der Waals surface area contributed by atoms with Crippen molar-refractivity contribution in [2.24, 2.45) is 0 Å². The molecule has 1 N–H and O–H groups in total. The van der Waals surface area contributed by atoms with Gasteiger partial charge in [-0.3, -0.25) is 4.98 Å². The molecule has 1 fully saturated rings. The molecule has 26 heavy (non-hydrogen) atoms. The maximum atomic E-state index is 13.4. The van der Waals surface area contributed by atoms with Gasteiger partial charge < -0.3 is 9.84 Å². The lowest BCUT2D eigenvalue weighted by atomic mass is 10.00. The van der Waals surface area contributed by atoms with E-state index in [-0.39, 0.29) is 28.4 Å². The molecule has 2 aromatic rings. The molecule has 0 spiro atoms. The Hall–Kier alpha value is -2.29. The molecule has 0 bridgehead atoms. The number of ether oxygens (including phenoxy) is 1. The van der Waals surface area contributed by atoms with E-state index in [9.17, 15) is 31.4 Å². The normalized spacial score (nSPS) is 15.2. The fourth-order valence-corrected chi connectivity index (χ4v) is 2.68. The van der Waals surface area contributed by atoms with Crippen LogP contribution in [0.2, 0.25) is 0 Å². The van der Waals surface area contributed by atoms with Crippen molar-refractivity contribution in [3.63, 3.8) is 0 Å². The van der Waals surface area contributed by atoms with Gasteiger partial charge in [0.15, 0.2) is 0 Å². The van der Waals surface area contributed by atoms with E-state index >= 15 is 0 Å². The van der Waals surface area contributed by atoms with Gasteiger partial charge >= 0.3 is 12.5 Å². The predicted octanol–water partition coefficient (Wildman–Crippen LogP) is 5.04. The Morgan fingerprint density at radius 2 is 1.65 bits per heavy atom. The zero-order valence-corrected chi connectivity index (χ0v) is 13.2. The topological polar surface area (TPSA) is 42.4 Å². The molecule has 1 heterocycles. The van der Waals surface area contributed by atoms with Gasteiger partial charge in [0.1, 0.15) is 5.75 Å². The minimum absolute atomic E-state index is 0.0185. The van der Waals surface area contributed by atoms with Crippen LogP contribution in [0.5, 0.6) is 5.75 Å². The summed E-state index contributed by atoms with van der Waals surface area (Å²) in [5, 5.41) is 9.38. The molecule has 0 saturated heterocycles. The quantitative estimate of drug-likeness (QED) is 0.760. The molecule has 3 rings (SSSR count). The van der Waals surface area contributed by atoms with E-state index in [4.69, 9.17) is 0 Å². The molecule has 0 aliphatic heterocycles. The summed E-state index contributed by atoms with van der Waals surface area (Å²) < 4.78 is 80.4. The van der Waals surface area contributed by atoms with Crippen LogP contribution in [0, 0.1) is 0 Å². The number of nitrogens with zero attached hydrogens (tertiary/aromatic N) is 1. The predicted molar refractivity (Wildman–Crippen MR) is 79.3 cm³/mol. The average Bonchev–Trinajstić information content (AvgIpc) is 3.36. The minimum Gasteiger partial charge on any atom is -0.406 e. The first-order valence-electron chi connectivity index (χ1n) is 7.66. The molecule has 9 heteroatoms. The maximum absolute atomic E-state index is 13.4. The zero-order valence-electron chi connectivity index (χ0n) is 13.2. The summed E-state index contributed by atoms with van der Waals surface area (Å²) >= 11 is 0. The molecule has 1 saturated carbocycles. The van der Waals surface area contributed by atoms with Crippen LogP contribution in [0.3, 0.4) is 0 Å². The third kappa shape index (κ3) is 4.09. The maximum Gasteiger partial charge on any atom is 0.573 e. The number of hydrogen-bond acceptors (Lipinski definition) is 3. The Balaban J connectivity index is 2.03. The van der Waals surface area contributed by atoms with E-state index < -0.39 is 30.5 Å². The lowest BCUT2D eigenvalue weighted by Gasteiger charge is -2.17. The van der Waals surface area contributed by atoms with Gasteiger partial charge in [-0.1, -0.05) is 0 Å². The molecule has 0 amide bonds. The number of pyridine rings is 1. The monoisotopic (exact) mass is 377 g/mol. The van der Waals surface area contributed by atoms with Gasteiger partial charge in [-0.2, -0.15) is 13.2 Å².